The number of hydrogen-bond donors (Lipinski definition) is 2. The Bertz CT molecular complexity index is 1010. The van der Waals surface area contributed by atoms with Gasteiger partial charge in [-0.05, 0) is 43.4 Å². The monoisotopic (exact) mass is 485 g/mol. The van der Waals surface area contributed by atoms with Crippen molar-refractivity contribution in [2.45, 2.75) is 13.8 Å². The van der Waals surface area contributed by atoms with Crippen LogP contribution in [-0.2, 0) is 4.79 Å². The molecular weight excluding hydrogens is 450 g/mol. The van der Waals surface area contributed by atoms with Crippen LogP contribution >= 0.6 is 0 Å². The molecule has 9 nitrogen and oxygen atoms in total. The van der Waals surface area contributed by atoms with Crippen LogP contribution in [0.2, 0.25) is 0 Å². The predicted molar refractivity (Wildman–Crippen MR) is 135 cm³/mol. The second kappa shape index (κ2) is 13.9. The van der Waals surface area contributed by atoms with Crippen molar-refractivity contribution in [2.24, 2.45) is 0 Å². The molecule has 0 aromatic heterocycles. The molecular formula is C26H35N3O6. The minimum atomic E-state index is -0.486. The fourth-order valence-corrected chi connectivity index (χ4v) is 3.35. The standard InChI is InChI=1S/C26H35N3O6/c1-7-29(8-2)12-11-27-26(31)23(15-18-9-10-20(32-3)17-24(18)35-6)28-25(30)19-13-21(33-4)16-22(14-19)34-5/h9-10,13-17H,7-8,11-12H2,1-6H3,(H,27,31)(H,28,30). The highest BCUT2D eigenvalue weighted by Gasteiger charge is 2.17. The summed E-state index contributed by atoms with van der Waals surface area (Å²) >= 11 is 0. The molecule has 0 radical (unpaired) electrons. The van der Waals surface area contributed by atoms with E-state index in [-0.39, 0.29) is 11.3 Å². The van der Waals surface area contributed by atoms with Crippen LogP contribution in [0.4, 0.5) is 0 Å². The van der Waals surface area contributed by atoms with Gasteiger partial charge in [0.05, 0.1) is 28.4 Å². The van der Waals surface area contributed by atoms with E-state index in [1.54, 1.807) is 49.6 Å². The largest absolute Gasteiger partial charge is 0.497 e. The molecule has 0 aliphatic heterocycles. The molecule has 0 aliphatic rings. The van der Waals surface area contributed by atoms with Crippen molar-refractivity contribution in [3.8, 4) is 23.0 Å². The molecule has 0 spiro atoms. The molecule has 0 fully saturated rings. The Kier molecular flexibility index (Phi) is 10.9. The molecule has 2 rings (SSSR count). The van der Waals surface area contributed by atoms with Gasteiger partial charge in [-0.15, -0.1) is 0 Å². The van der Waals surface area contributed by atoms with Crippen molar-refractivity contribution in [2.75, 3.05) is 54.6 Å². The number of carbonyl (C=O) groups is 2. The Balaban J connectivity index is 2.37. The van der Waals surface area contributed by atoms with Crippen molar-refractivity contribution >= 4 is 17.9 Å². The van der Waals surface area contributed by atoms with Gasteiger partial charge in [-0.2, -0.15) is 0 Å². The Labute approximate surface area is 207 Å². The van der Waals surface area contributed by atoms with Crippen LogP contribution in [0.3, 0.4) is 0 Å². The van der Waals surface area contributed by atoms with E-state index in [0.29, 0.717) is 41.7 Å². The summed E-state index contributed by atoms with van der Waals surface area (Å²) in [4.78, 5) is 28.4. The quantitative estimate of drug-likeness (QED) is 0.421. The molecule has 2 amide bonds. The van der Waals surface area contributed by atoms with E-state index >= 15 is 0 Å². The molecule has 0 aliphatic carbocycles. The van der Waals surface area contributed by atoms with Crippen molar-refractivity contribution in [3.63, 3.8) is 0 Å². The van der Waals surface area contributed by atoms with Gasteiger partial charge in [0.15, 0.2) is 0 Å². The molecule has 0 bridgehead atoms. The van der Waals surface area contributed by atoms with Gasteiger partial charge in [0, 0.05) is 36.3 Å². The maximum absolute atomic E-state index is 13.1. The summed E-state index contributed by atoms with van der Waals surface area (Å²) in [6.45, 7) is 7.02. The zero-order chi connectivity index (χ0) is 25.8. The van der Waals surface area contributed by atoms with Gasteiger partial charge >= 0.3 is 0 Å². The molecule has 35 heavy (non-hydrogen) atoms. The number of amides is 2. The van der Waals surface area contributed by atoms with E-state index < -0.39 is 11.8 Å². The number of carbonyl (C=O) groups excluding carboxylic acids is 2. The SMILES string of the molecule is CCN(CC)CCNC(=O)C(=Cc1ccc(OC)cc1OC)NC(=O)c1cc(OC)cc(OC)c1. The van der Waals surface area contributed by atoms with Crippen molar-refractivity contribution < 1.29 is 28.5 Å². The van der Waals surface area contributed by atoms with E-state index in [9.17, 15) is 9.59 Å². The van der Waals surface area contributed by atoms with Crippen LogP contribution in [0.1, 0.15) is 29.8 Å². The number of benzene rings is 2. The zero-order valence-electron chi connectivity index (χ0n) is 21.3. The van der Waals surface area contributed by atoms with Gasteiger partial charge in [-0.3, -0.25) is 9.59 Å². The van der Waals surface area contributed by atoms with Gasteiger partial charge in [-0.25, -0.2) is 0 Å². The number of nitrogens with one attached hydrogen (secondary N) is 2. The Hall–Kier alpha value is -3.72. The van der Waals surface area contributed by atoms with E-state index in [1.165, 1.54) is 21.3 Å². The summed E-state index contributed by atoms with van der Waals surface area (Å²) in [6.07, 6.45) is 1.57. The number of hydrogen-bond acceptors (Lipinski definition) is 7. The van der Waals surface area contributed by atoms with Gasteiger partial charge in [0.1, 0.15) is 28.7 Å². The first kappa shape index (κ1) is 27.5. The average molecular weight is 486 g/mol. The molecule has 2 aromatic rings. The number of likely N-dealkylation sites (N-methyl/N-ethyl adjacent to an activating group) is 1. The summed E-state index contributed by atoms with van der Waals surface area (Å²) in [7, 11) is 6.08. The molecule has 0 atom stereocenters. The van der Waals surface area contributed by atoms with Crippen LogP contribution in [0, 0.1) is 0 Å². The van der Waals surface area contributed by atoms with Gasteiger partial charge in [0.2, 0.25) is 0 Å². The fourth-order valence-electron chi connectivity index (χ4n) is 3.35. The molecule has 0 saturated heterocycles. The highest BCUT2D eigenvalue weighted by molar-refractivity contribution is 6.05. The van der Waals surface area contributed by atoms with Crippen molar-refractivity contribution in [1.29, 1.82) is 0 Å². The summed E-state index contributed by atoms with van der Waals surface area (Å²) in [5.74, 6) is 1.12. The third-order valence-electron chi connectivity index (χ3n) is 5.45. The Morgan fingerprint density at radius 2 is 1.49 bits per heavy atom. The molecule has 0 heterocycles. The van der Waals surface area contributed by atoms with E-state index in [1.807, 2.05) is 0 Å². The molecule has 2 N–H and O–H groups in total. The summed E-state index contributed by atoms with van der Waals surface area (Å²) in [6, 6.07) is 10.0. The van der Waals surface area contributed by atoms with Crippen LogP contribution < -0.4 is 29.6 Å². The Morgan fingerprint density at radius 1 is 0.857 bits per heavy atom. The van der Waals surface area contributed by atoms with E-state index in [4.69, 9.17) is 18.9 Å². The molecule has 2 aromatic carbocycles. The third-order valence-corrected chi connectivity index (χ3v) is 5.45. The first-order chi connectivity index (χ1) is 16.9. The normalized spacial score (nSPS) is 11.1. The van der Waals surface area contributed by atoms with Crippen molar-refractivity contribution in [3.05, 3.63) is 53.2 Å². The highest BCUT2D eigenvalue weighted by atomic mass is 16.5. The zero-order valence-corrected chi connectivity index (χ0v) is 21.3. The van der Waals surface area contributed by atoms with Gasteiger partial charge in [-0.1, -0.05) is 13.8 Å². The highest BCUT2D eigenvalue weighted by Crippen LogP contribution is 2.27. The lowest BCUT2D eigenvalue weighted by molar-refractivity contribution is -0.117. The lowest BCUT2D eigenvalue weighted by atomic mass is 10.1. The smallest absolute Gasteiger partial charge is 0.267 e. The summed E-state index contributed by atoms with van der Waals surface area (Å²) < 4.78 is 21.2. The van der Waals surface area contributed by atoms with Crippen LogP contribution in [0.5, 0.6) is 23.0 Å². The topological polar surface area (TPSA) is 98.4 Å². The molecule has 190 valence electrons. The average Bonchev–Trinajstić information content (AvgIpc) is 2.90. The third kappa shape index (κ3) is 7.92. The minimum Gasteiger partial charge on any atom is -0.497 e. The van der Waals surface area contributed by atoms with Gasteiger partial charge in [0.25, 0.3) is 11.8 Å². The number of ether oxygens (including phenoxy) is 4. The second-order valence-corrected chi connectivity index (χ2v) is 7.50. The van der Waals surface area contributed by atoms with Crippen LogP contribution in [0.25, 0.3) is 6.08 Å². The maximum Gasteiger partial charge on any atom is 0.267 e. The lowest BCUT2D eigenvalue weighted by Crippen LogP contribution is -2.39. The number of methoxy groups -OCH3 is 4. The number of rotatable bonds is 13. The van der Waals surface area contributed by atoms with E-state index in [0.717, 1.165) is 13.1 Å². The predicted octanol–water partition coefficient (Wildman–Crippen LogP) is 2.95. The first-order valence-corrected chi connectivity index (χ1v) is 11.4. The lowest BCUT2D eigenvalue weighted by Gasteiger charge is -2.18. The molecule has 0 saturated carbocycles. The fraction of sp³-hybridized carbons (Fsp3) is 0.385. The summed E-state index contributed by atoms with van der Waals surface area (Å²) in [5.41, 5.74) is 0.954. The first-order valence-electron chi connectivity index (χ1n) is 11.4. The summed E-state index contributed by atoms with van der Waals surface area (Å²) in [5, 5.41) is 5.61. The molecule has 9 heteroatoms. The minimum absolute atomic E-state index is 0.0693. The van der Waals surface area contributed by atoms with Crippen LogP contribution in [-0.4, -0.2) is 71.3 Å². The van der Waals surface area contributed by atoms with E-state index in [2.05, 4.69) is 29.4 Å². The van der Waals surface area contributed by atoms with Gasteiger partial charge < -0.3 is 34.5 Å². The van der Waals surface area contributed by atoms with Crippen molar-refractivity contribution in [1.82, 2.24) is 15.5 Å². The number of nitrogens with zero attached hydrogens (tertiary/aromatic N) is 1. The maximum atomic E-state index is 13.1. The Morgan fingerprint density at radius 3 is 2.03 bits per heavy atom. The molecule has 0 unspecified atom stereocenters. The van der Waals surface area contributed by atoms with Crippen LogP contribution in [0.15, 0.2) is 42.1 Å². The second-order valence-electron chi connectivity index (χ2n) is 7.50.